The van der Waals surface area contributed by atoms with E-state index in [0.29, 0.717) is 6.42 Å². The SMILES string of the molecule is CCC(OC)(OC)OC(C)C. The predicted octanol–water partition coefficient (Wildman–Crippen LogP) is 1.77. The Kier molecular flexibility index (Phi) is 4.65. The third-order valence-electron chi connectivity index (χ3n) is 1.47. The van der Waals surface area contributed by atoms with Crippen LogP contribution in [0.1, 0.15) is 27.2 Å². The normalized spacial score (nSPS) is 12.5. The molecule has 0 spiro atoms. The maximum Gasteiger partial charge on any atom is 0.282 e. The highest BCUT2D eigenvalue weighted by Crippen LogP contribution is 2.19. The Bertz CT molecular complexity index is 89.2. The third-order valence-corrected chi connectivity index (χ3v) is 1.47. The van der Waals surface area contributed by atoms with E-state index in [0.717, 1.165) is 0 Å². The summed E-state index contributed by atoms with van der Waals surface area (Å²) in [5, 5.41) is 0. The molecule has 0 bridgehead atoms. The average Bonchev–Trinajstić information content (AvgIpc) is 2.00. The van der Waals surface area contributed by atoms with Gasteiger partial charge in [0.05, 0.1) is 6.10 Å². The smallest absolute Gasteiger partial charge is 0.282 e. The van der Waals surface area contributed by atoms with Crippen molar-refractivity contribution in [3.63, 3.8) is 0 Å². The summed E-state index contributed by atoms with van der Waals surface area (Å²) in [4.78, 5) is 0. The van der Waals surface area contributed by atoms with E-state index in [1.165, 1.54) is 0 Å². The van der Waals surface area contributed by atoms with Crippen molar-refractivity contribution in [2.24, 2.45) is 0 Å². The van der Waals surface area contributed by atoms with Gasteiger partial charge in [-0.15, -0.1) is 0 Å². The second-order valence-corrected chi connectivity index (χ2v) is 2.61. The molecule has 0 aliphatic rings. The molecule has 3 heteroatoms. The number of hydrogen-bond donors (Lipinski definition) is 0. The number of methoxy groups -OCH3 is 2. The van der Waals surface area contributed by atoms with Crippen LogP contribution in [-0.2, 0) is 14.2 Å². The molecule has 11 heavy (non-hydrogen) atoms. The van der Waals surface area contributed by atoms with Crippen molar-refractivity contribution < 1.29 is 14.2 Å². The van der Waals surface area contributed by atoms with Crippen LogP contribution in [0.4, 0.5) is 0 Å². The van der Waals surface area contributed by atoms with Crippen molar-refractivity contribution in [2.75, 3.05) is 14.2 Å². The number of rotatable bonds is 5. The highest BCUT2D eigenvalue weighted by molar-refractivity contribution is 4.53. The van der Waals surface area contributed by atoms with Crippen LogP contribution in [0, 0.1) is 0 Å². The second-order valence-electron chi connectivity index (χ2n) is 2.61. The summed E-state index contributed by atoms with van der Waals surface area (Å²) < 4.78 is 15.6. The monoisotopic (exact) mass is 162 g/mol. The molecule has 0 N–H and O–H groups in total. The van der Waals surface area contributed by atoms with Crippen LogP contribution in [0.3, 0.4) is 0 Å². The first-order chi connectivity index (χ1) is 5.10. The Morgan fingerprint density at radius 3 is 1.73 bits per heavy atom. The zero-order valence-corrected chi connectivity index (χ0v) is 8.01. The largest absolute Gasteiger partial charge is 0.331 e. The van der Waals surface area contributed by atoms with Gasteiger partial charge in [0.25, 0.3) is 5.97 Å². The molecule has 68 valence electrons. The van der Waals surface area contributed by atoms with Gasteiger partial charge in [0.2, 0.25) is 0 Å². The Labute approximate surface area is 68.6 Å². The maximum absolute atomic E-state index is 5.44. The summed E-state index contributed by atoms with van der Waals surface area (Å²) in [6.07, 6.45) is 0.785. The molecule has 0 saturated heterocycles. The van der Waals surface area contributed by atoms with Gasteiger partial charge in [0, 0.05) is 20.6 Å². The van der Waals surface area contributed by atoms with E-state index in [1.807, 2.05) is 20.8 Å². The van der Waals surface area contributed by atoms with Crippen LogP contribution in [-0.4, -0.2) is 26.3 Å². The first-order valence-corrected chi connectivity index (χ1v) is 3.88. The lowest BCUT2D eigenvalue weighted by Gasteiger charge is -2.30. The lowest BCUT2D eigenvalue weighted by atomic mass is 10.4. The molecule has 0 aromatic rings. The maximum atomic E-state index is 5.44. The minimum atomic E-state index is -0.853. The molecule has 0 aromatic carbocycles. The van der Waals surface area contributed by atoms with Crippen molar-refractivity contribution in [3.05, 3.63) is 0 Å². The average molecular weight is 162 g/mol. The molecule has 0 radical (unpaired) electrons. The van der Waals surface area contributed by atoms with E-state index in [1.54, 1.807) is 14.2 Å². The lowest BCUT2D eigenvalue weighted by molar-refractivity contribution is -0.373. The Balaban J connectivity index is 4.05. The highest BCUT2D eigenvalue weighted by Gasteiger charge is 2.29. The minimum absolute atomic E-state index is 0.106. The molecule has 0 unspecified atom stereocenters. The topological polar surface area (TPSA) is 27.7 Å². The zero-order valence-electron chi connectivity index (χ0n) is 8.01. The molecule has 0 aromatic heterocycles. The lowest BCUT2D eigenvalue weighted by Crippen LogP contribution is -2.38. The summed E-state index contributed by atoms with van der Waals surface area (Å²) in [7, 11) is 3.16. The predicted molar refractivity (Wildman–Crippen MR) is 43.3 cm³/mol. The van der Waals surface area contributed by atoms with Crippen LogP contribution < -0.4 is 0 Å². The van der Waals surface area contributed by atoms with E-state index in [-0.39, 0.29) is 6.10 Å². The molecule has 0 amide bonds. The quantitative estimate of drug-likeness (QED) is 0.576. The first-order valence-electron chi connectivity index (χ1n) is 3.88. The first kappa shape index (κ1) is 10.9. The van der Waals surface area contributed by atoms with Crippen LogP contribution in [0.25, 0.3) is 0 Å². The van der Waals surface area contributed by atoms with E-state index in [4.69, 9.17) is 14.2 Å². The fraction of sp³-hybridized carbons (Fsp3) is 1.00. The van der Waals surface area contributed by atoms with Crippen molar-refractivity contribution in [1.82, 2.24) is 0 Å². The standard InChI is InChI=1S/C8H18O3/c1-6-8(9-4,10-5)11-7(2)3/h7H,6H2,1-5H3. The Morgan fingerprint density at radius 2 is 1.64 bits per heavy atom. The Morgan fingerprint density at radius 1 is 1.18 bits per heavy atom. The van der Waals surface area contributed by atoms with Crippen molar-refractivity contribution in [1.29, 1.82) is 0 Å². The van der Waals surface area contributed by atoms with Gasteiger partial charge in [-0.25, -0.2) is 0 Å². The van der Waals surface area contributed by atoms with Crippen LogP contribution in [0.2, 0.25) is 0 Å². The van der Waals surface area contributed by atoms with Gasteiger partial charge in [0.1, 0.15) is 0 Å². The van der Waals surface area contributed by atoms with Gasteiger partial charge in [-0.1, -0.05) is 6.92 Å². The minimum Gasteiger partial charge on any atom is -0.331 e. The van der Waals surface area contributed by atoms with Gasteiger partial charge < -0.3 is 14.2 Å². The molecule has 0 saturated carbocycles. The molecule has 0 atom stereocenters. The molecular weight excluding hydrogens is 144 g/mol. The van der Waals surface area contributed by atoms with E-state index in [2.05, 4.69) is 0 Å². The van der Waals surface area contributed by atoms with Crippen molar-refractivity contribution in [3.8, 4) is 0 Å². The van der Waals surface area contributed by atoms with Gasteiger partial charge in [-0.2, -0.15) is 0 Å². The molecule has 3 nitrogen and oxygen atoms in total. The number of ether oxygens (including phenoxy) is 3. The zero-order chi connectivity index (χ0) is 8.91. The third kappa shape index (κ3) is 3.18. The number of hydrogen-bond acceptors (Lipinski definition) is 3. The molecule has 0 rings (SSSR count). The summed E-state index contributed by atoms with van der Waals surface area (Å²) in [5.74, 6) is -0.853. The van der Waals surface area contributed by atoms with Gasteiger partial charge in [-0.3, -0.25) is 0 Å². The van der Waals surface area contributed by atoms with E-state index >= 15 is 0 Å². The fourth-order valence-corrected chi connectivity index (χ4v) is 0.911. The highest BCUT2D eigenvalue weighted by atomic mass is 16.9. The van der Waals surface area contributed by atoms with Gasteiger partial charge in [-0.05, 0) is 13.8 Å². The summed E-state index contributed by atoms with van der Waals surface area (Å²) in [5.41, 5.74) is 0. The van der Waals surface area contributed by atoms with Crippen LogP contribution >= 0.6 is 0 Å². The van der Waals surface area contributed by atoms with Crippen LogP contribution in [0.15, 0.2) is 0 Å². The molecule has 0 aliphatic heterocycles. The summed E-state index contributed by atoms with van der Waals surface area (Å²) in [6.45, 7) is 5.85. The molecule has 0 fully saturated rings. The van der Waals surface area contributed by atoms with Crippen LogP contribution in [0.5, 0.6) is 0 Å². The fourth-order valence-electron chi connectivity index (χ4n) is 0.911. The van der Waals surface area contributed by atoms with Gasteiger partial charge in [0.15, 0.2) is 0 Å². The molecule has 0 heterocycles. The van der Waals surface area contributed by atoms with Gasteiger partial charge >= 0.3 is 0 Å². The van der Waals surface area contributed by atoms with Crippen molar-refractivity contribution in [2.45, 2.75) is 39.3 Å². The van der Waals surface area contributed by atoms with E-state index < -0.39 is 5.97 Å². The molecular formula is C8H18O3. The summed E-state index contributed by atoms with van der Waals surface area (Å²) >= 11 is 0. The summed E-state index contributed by atoms with van der Waals surface area (Å²) in [6, 6.07) is 0. The van der Waals surface area contributed by atoms with Crippen molar-refractivity contribution >= 4 is 0 Å². The molecule has 0 aliphatic carbocycles. The Hall–Kier alpha value is -0.120. The van der Waals surface area contributed by atoms with E-state index in [9.17, 15) is 0 Å². The second kappa shape index (κ2) is 4.70.